The van der Waals surface area contributed by atoms with Crippen LogP contribution in [0.4, 0.5) is 5.69 Å². The van der Waals surface area contributed by atoms with Gasteiger partial charge in [-0.2, -0.15) is 8.42 Å². The number of para-hydroxylation sites is 1. The monoisotopic (exact) mass is 328 g/mol. The molecule has 0 bridgehead atoms. The third-order valence-electron chi connectivity index (χ3n) is 1.33. The zero-order valence-electron chi connectivity index (χ0n) is 8.35. The zero-order valence-corrected chi connectivity index (χ0v) is 10.1. The van der Waals surface area contributed by atoms with E-state index in [1.165, 1.54) is 18.2 Å². The van der Waals surface area contributed by atoms with Gasteiger partial charge in [0.15, 0.2) is 0 Å². The molecule has 0 amide bonds. The van der Waals surface area contributed by atoms with Gasteiger partial charge in [0.1, 0.15) is 5.56 Å². The third-order valence-corrected chi connectivity index (χ3v) is 1.33. The largest absolute Gasteiger partial charge is 0.477 e. The van der Waals surface area contributed by atoms with E-state index < -0.39 is 21.3 Å². The van der Waals surface area contributed by atoms with Crippen LogP contribution >= 0.6 is 0 Å². The predicted molar refractivity (Wildman–Crippen MR) is 54.2 cm³/mol. The van der Waals surface area contributed by atoms with Crippen molar-refractivity contribution in [3.63, 3.8) is 0 Å². The second-order valence-corrected chi connectivity index (χ2v) is 3.42. The van der Waals surface area contributed by atoms with Gasteiger partial charge in [0.05, 0.1) is 4.92 Å². The molecule has 0 aromatic heterocycles. The van der Waals surface area contributed by atoms with Gasteiger partial charge in [-0.1, -0.05) is 12.1 Å². The molecule has 1 radical (unpaired) electrons. The maximum absolute atomic E-state index is 10.4. The van der Waals surface area contributed by atoms with Crippen molar-refractivity contribution in [1.29, 1.82) is 0 Å². The van der Waals surface area contributed by atoms with Crippen molar-refractivity contribution >= 4 is 22.1 Å². The number of nitro groups is 1. The number of hydrogen-bond donors (Lipinski definition) is 3. The number of carbonyl (C=O) groups is 1. The fourth-order valence-corrected chi connectivity index (χ4v) is 0.814. The van der Waals surface area contributed by atoms with E-state index in [4.69, 9.17) is 22.6 Å². The molecule has 1 rings (SSSR count). The summed E-state index contributed by atoms with van der Waals surface area (Å²) in [4.78, 5) is 20.0. The molecule has 9 nitrogen and oxygen atoms in total. The van der Waals surface area contributed by atoms with Crippen molar-refractivity contribution in [1.82, 2.24) is 0 Å². The van der Waals surface area contributed by atoms with Gasteiger partial charge in [-0.05, 0) is 6.07 Å². The van der Waals surface area contributed by atoms with Crippen LogP contribution in [-0.2, 0) is 27.5 Å². The van der Waals surface area contributed by atoms with Crippen molar-refractivity contribution in [2.24, 2.45) is 0 Å². The van der Waals surface area contributed by atoms with Gasteiger partial charge in [0.25, 0.3) is 5.69 Å². The van der Waals surface area contributed by atoms with Crippen LogP contribution in [0.15, 0.2) is 24.3 Å². The van der Waals surface area contributed by atoms with Gasteiger partial charge in [-0.25, -0.2) is 4.79 Å². The number of carboxylic acid groups (broad SMARTS) is 1. The summed E-state index contributed by atoms with van der Waals surface area (Å²) < 4.78 is 31.6. The SMILES string of the molecule is O=C(O)c1ccccc1[N+](=O)[O-].O=S(=O)(O)O.[Cu]. The number of aromatic carboxylic acids is 1. The summed E-state index contributed by atoms with van der Waals surface area (Å²) in [5.74, 6) is -1.29. The summed E-state index contributed by atoms with van der Waals surface area (Å²) >= 11 is 0. The van der Waals surface area contributed by atoms with Crippen LogP contribution < -0.4 is 0 Å². The normalized spacial score (nSPS) is 9.44. The van der Waals surface area contributed by atoms with Gasteiger partial charge in [0.2, 0.25) is 0 Å². The Morgan fingerprint density at radius 3 is 1.89 bits per heavy atom. The molecule has 0 unspecified atom stereocenters. The number of rotatable bonds is 2. The number of nitrogens with zero attached hydrogens (tertiary/aromatic N) is 1. The summed E-state index contributed by atoms with van der Waals surface area (Å²) in [7, 11) is -4.67. The van der Waals surface area contributed by atoms with Crippen molar-refractivity contribution in [2.45, 2.75) is 0 Å². The molecule has 1 aromatic rings. The Hall–Kier alpha value is -1.52. The van der Waals surface area contributed by atoms with Crippen LogP contribution in [0.2, 0.25) is 0 Å². The van der Waals surface area contributed by atoms with E-state index >= 15 is 0 Å². The number of nitro benzene ring substituents is 1. The maximum Gasteiger partial charge on any atom is 0.394 e. The Labute approximate surface area is 112 Å². The molecule has 11 heteroatoms. The molecule has 0 saturated heterocycles. The maximum atomic E-state index is 10.4. The third kappa shape index (κ3) is 8.61. The standard InChI is InChI=1S/C7H5NO4.Cu.H2O4S/c9-7(10)5-3-1-2-4-6(5)8(11)12;;1-5(2,3)4/h1-4H,(H,9,10);;(H2,1,2,3,4). The Balaban J connectivity index is 0. The summed E-state index contributed by atoms with van der Waals surface area (Å²) in [6, 6.07) is 5.21. The molecule has 0 saturated carbocycles. The molecular formula is C7H7CuNO8S. The Bertz CT molecular complexity index is 487. The van der Waals surface area contributed by atoms with E-state index in [2.05, 4.69) is 0 Å². The molecule has 0 aliphatic rings. The quantitative estimate of drug-likeness (QED) is 0.309. The fourth-order valence-electron chi connectivity index (χ4n) is 0.814. The van der Waals surface area contributed by atoms with Crippen LogP contribution in [0.1, 0.15) is 10.4 Å². The van der Waals surface area contributed by atoms with Crippen molar-refractivity contribution in [2.75, 3.05) is 0 Å². The van der Waals surface area contributed by atoms with Gasteiger partial charge >= 0.3 is 16.4 Å². The van der Waals surface area contributed by atoms with Crippen LogP contribution in [-0.4, -0.2) is 33.5 Å². The number of benzene rings is 1. The molecule has 105 valence electrons. The van der Waals surface area contributed by atoms with Gasteiger partial charge in [-0.3, -0.25) is 19.2 Å². The Kier molecular flexibility index (Phi) is 8.10. The van der Waals surface area contributed by atoms with Crippen LogP contribution in [0.5, 0.6) is 0 Å². The number of carboxylic acids is 1. The molecule has 0 spiro atoms. The van der Waals surface area contributed by atoms with E-state index in [-0.39, 0.29) is 28.3 Å². The molecule has 0 heterocycles. The molecule has 0 aliphatic carbocycles. The molecule has 1 aromatic carbocycles. The smallest absolute Gasteiger partial charge is 0.394 e. The first-order valence-corrected chi connectivity index (χ1v) is 5.19. The minimum absolute atomic E-state index is 0. The second-order valence-electron chi connectivity index (χ2n) is 2.53. The van der Waals surface area contributed by atoms with Gasteiger partial charge in [-0.15, -0.1) is 0 Å². The summed E-state index contributed by atoms with van der Waals surface area (Å²) in [5, 5.41) is 18.8. The average molecular weight is 329 g/mol. The first-order chi connectivity index (χ1) is 7.63. The zero-order chi connectivity index (χ0) is 13.6. The van der Waals surface area contributed by atoms with E-state index in [0.29, 0.717) is 0 Å². The minimum Gasteiger partial charge on any atom is -0.477 e. The van der Waals surface area contributed by atoms with Crippen LogP contribution in [0.3, 0.4) is 0 Å². The Morgan fingerprint density at radius 2 is 1.61 bits per heavy atom. The van der Waals surface area contributed by atoms with Crippen LogP contribution in [0, 0.1) is 10.1 Å². The fraction of sp³-hybridized carbons (Fsp3) is 0. The number of hydrogen-bond acceptors (Lipinski definition) is 5. The van der Waals surface area contributed by atoms with E-state index in [9.17, 15) is 14.9 Å². The van der Waals surface area contributed by atoms with E-state index in [1.807, 2.05) is 0 Å². The first kappa shape index (κ1) is 18.8. The second kappa shape index (κ2) is 7.74. The van der Waals surface area contributed by atoms with Gasteiger partial charge in [0, 0.05) is 23.1 Å². The predicted octanol–water partition coefficient (Wildman–Crippen LogP) is 0.638. The van der Waals surface area contributed by atoms with E-state index in [1.54, 1.807) is 0 Å². The topological polar surface area (TPSA) is 155 Å². The van der Waals surface area contributed by atoms with Crippen molar-refractivity contribution < 1.29 is 49.4 Å². The summed E-state index contributed by atoms with van der Waals surface area (Å²) in [6.45, 7) is 0. The molecule has 0 fully saturated rings. The Morgan fingerprint density at radius 1 is 1.22 bits per heavy atom. The van der Waals surface area contributed by atoms with Crippen molar-refractivity contribution in [3.05, 3.63) is 39.9 Å². The van der Waals surface area contributed by atoms with Crippen LogP contribution in [0.25, 0.3) is 0 Å². The molecule has 18 heavy (non-hydrogen) atoms. The molecular weight excluding hydrogens is 322 g/mol. The molecule has 0 atom stereocenters. The average Bonchev–Trinajstić information content (AvgIpc) is 2.15. The molecule has 0 aliphatic heterocycles. The van der Waals surface area contributed by atoms with E-state index in [0.717, 1.165) is 6.07 Å². The minimum atomic E-state index is -4.67. The summed E-state index contributed by atoms with van der Waals surface area (Å²) in [6.07, 6.45) is 0. The van der Waals surface area contributed by atoms with Crippen molar-refractivity contribution in [3.8, 4) is 0 Å². The first-order valence-electron chi connectivity index (χ1n) is 3.79. The van der Waals surface area contributed by atoms with Gasteiger partial charge < -0.3 is 5.11 Å². The summed E-state index contributed by atoms with van der Waals surface area (Å²) in [5.41, 5.74) is -0.674. The molecule has 3 N–H and O–H groups in total.